The van der Waals surface area contributed by atoms with Gasteiger partial charge in [-0.2, -0.15) is 0 Å². The summed E-state index contributed by atoms with van der Waals surface area (Å²) in [6.45, 7) is 1.28. The number of fused-ring (bicyclic) bond motifs is 2. The minimum absolute atomic E-state index is 0.112. The molecule has 0 N–H and O–H groups in total. The molecule has 0 fully saturated rings. The highest BCUT2D eigenvalue weighted by Gasteiger charge is 2.44. The maximum Gasteiger partial charge on any atom is 0.307 e. The predicted octanol–water partition coefficient (Wildman–Crippen LogP) is 2.31. The fourth-order valence-corrected chi connectivity index (χ4v) is 2.72. The lowest BCUT2D eigenvalue weighted by Gasteiger charge is -2.31. The molecule has 0 aromatic heterocycles. The first-order chi connectivity index (χ1) is 9.59. The van der Waals surface area contributed by atoms with Crippen LogP contribution in [0.2, 0.25) is 0 Å². The number of benzene rings is 1. The average Bonchev–Trinajstić information content (AvgIpc) is 2.44. The van der Waals surface area contributed by atoms with Gasteiger partial charge in [-0.25, -0.2) is 0 Å². The molecule has 20 heavy (non-hydrogen) atoms. The molecule has 0 spiro atoms. The van der Waals surface area contributed by atoms with Crippen LogP contribution in [0, 0.1) is 11.8 Å². The standard InChI is InChI=1S/C16H12O4/c1-9(17)20-13-8-4-7-12-14(13)16(19)11-6-3-2-5-10(11)15(12)18/h2-8,12,14H,1H3. The van der Waals surface area contributed by atoms with E-state index in [0.29, 0.717) is 11.1 Å². The monoisotopic (exact) mass is 268 g/mol. The fraction of sp³-hybridized carbons (Fsp3) is 0.188. The summed E-state index contributed by atoms with van der Waals surface area (Å²) < 4.78 is 5.09. The van der Waals surface area contributed by atoms with E-state index in [9.17, 15) is 14.4 Å². The first-order valence-electron chi connectivity index (χ1n) is 6.34. The van der Waals surface area contributed by atoms with Gasteiger partial charge in [0.15, 0.2) is 11.6 Å². The Morgan fingerprint density at radius 2 is 1.75 bits per heavy atom. The highest BCUT2D eigenvalue weighted by molar-refractivity contribution is 6.17. The molecule has 100 valence electrons. The molecular weight excluding hydrogens is 256 g/mol. The molecule has 0 aliphatic heterocycles. The molecule has 2 aliphatic carbocycles. The Morgan fingerprint density at radius 3 is 2.40 bits per heavy atom. The van der Waals surface area contributed by atoms with Crippen molar-refractivity contribution in [2.24, 2.45) is 11.8 Å². The van der Waals surface area contributed by atoms with Crippen LogP contribution in [0.1, 0.15) is 27.6 Å². The first kappa shape index (κ1) is 12.5. The minimum atomic E-state index is -0.730. The number of hydrogen-bond donors (Lipinski definition) is 0. The number of allylic oxidation sites excluding steroid dienone is 4. The number of carbonyl (C=O) groups excluding carboxylic acids is 3. The summed E-state index contributed by atoms with van der Waals surface area (Å²) in [6, 6.07) is 6.75. The zero-order valence-corrected chi connectivity index (χ0v) is 10.8. The number of carbonyl (C=O) groups is 3. The fourth-order valence-electron chi connectivity index (χ4n) is 2.72. The SMILES string of the molecule is CC(=O)OC1=CC=CC2C(=O)c3ccccc3C(=O)C12. The number of hydrogen-bond acceptors (Lipinski definition) is 4. The number of rotatable bonds is 1. The quantitative estimate of drug-likeness (QED) is 0.733. The van der Waals surface area contributed by atoms with Gasteiger partial charge in [0.1, 0.15) is 5.76 Å². The van der Waals surface area contributed by atoms with Gasteiger partial charge in [0, 0.05) is 18.1 Å². The van der Waals surface area contributed by atoms with Crippen molar-refractivity contribution in [3.63, 3.8) is 0 Å². The summed E-state index contributed by atoms with van der Waals surface area (Å²) in [5.41, 5.74) is 0.833. The van der Waals surface area contributed by atoms with Gasteiger partial charge < -0.3 is 4.74 Å². The summed E-state index contributed by atoms with van der Waals surface area (Å²) in [4.78, 5) is 36.2. The summed E-state index contributed by atoms with van der Waals surface area (Å²) in [5, 5.41) is 0. The molecule has 1 aromatic carbocycles. The molecule has 3 rings (SSSR count). The van der Waals surface area contributed by atoms with Gasteiger partial charge in [-0.15, -0.1) is 0 Å². The lowest BCUT2D eigenvalue weighted by molar-refractivity contribution is -0.137. The number of esters is 1. The van der Waals surface area contributed by atoms with Crippen molar-refractivity contribution in [1.82, 2.24) is 0 Å². The van der Waals surface area contributed by atoms with Gasteiger partial charge in [-0.05, 0) is 6.08 Å². The second kappa shape index (κ2) is 4.56. The second-order valence-corrected chi connectivity index (χ2v) is 4.83. The van der Waals surface area contributed by atoms with Crippen LogP contribution in [0.4, 0.5) is 0 Å². The third-order valence-electron chi connectivity index (χ3n) is 3.55. The van der Waals surface area contributed by atoms with Crippen molar-refractivity contribution in [3.05, 3.63) is 59.4 Å². The van der Waals surface area contributed by atoms with Crippen LogP contribution in [0.25, 0.3) is 0 Å². The number of Topliss-reactive ketones (excluding diaryl/α,β-unsaturated/α-hetero) is 2. The molecule has 0 bridgehead atoms. The molecule has 0 saturated heterocycles. The first-order valence-corrected chi connectivity index (χ1v) is 6.34. The van der Waals surface area contributed by atoms with Crippen molar-refractivity contribution < 1.29 is 19.1 Å². The van der Waals surface area contributed by atoms with E-state index in [0.717, 1.165) is 0 Å². The maximum atomic E-state index is 12.6. The minimum Gasteiger partial charge on any atom is -0.430 e. The van der Waals surface area contributed by atoms with Crippen molar-refractivity contribution >= 4 is 17.5 Å². The van der Waals surface area contributed by atoms with E-state index < -0.39 is 17.8 Å². The Hall–Kier alpha value is -2.49. The lowest BCUT2D eigenvalue weighted by atomic mass is 9.71. The van der Waals surface area contributed by atoms with Crippen LogP contribution in [-0.2, 0) is 9.53 Å². The predicted molar refractivity (Wildman–Crippen MR) is 71.1 cm³/mol. The van der Waals surface area contributed by atoms with E-state index in [4.69, 9.17) is 4.74 Å². The van der Waals surface area contributed by atoms with Crippen molar-refractivity contribution in [2.75, 3.05) is 0 Å². The van der Waals surface area contributed by atoms with Gasteiger partial charge in [0.25, 0.3) is 0 Å². The van der Waals surface area contributed by atoms with Crippen LogP contribution in [-0.4, -0.2) is 17.5 Å². The molecule has 1 aromatic rings. The van der Waals surface area contributed by atoms with Crippen molar-refractivity contribution in [2.45, 2.75) is 6.92 Å². The van der Waals surface area contributed by atoms with Gasteiger partial charge >= 0.3 is 5.97 Å². The molecule has 0 heterocycles. The van der Waals surface area contributed by atoms with E-state index in [1.165, 1.54) is 6.92 Å². The van der Waals surface area contributed by atoms with Crippen molar-refractivity contribution in [1.29, 1.82) is 0 Å². The highest BCUT2D eigenvalue weighted by Crippen LogP contribution is 2.37. The lowest BCUT2D eigenvalue weighted by Crippen LogP contribution is -2.38. The summed E-state index contributed by atoms with van der Waals surface area (Å²) in [7, 11) is 0. The van der Waals surface area contributed by atoms with Crippen LogP contribution >= 0.6 is 0 Å². The average molecular weight is 268 g/mol. The number of ether oxygens (including phenoxy) is 1. The zero-order chi connectivity index (χ0) is 14.3. The summed E-state index contributed by atoms with van der Waals surface area (Å²) >= 11 is 0. The zero-order valence-electron chi connectivity index (χ0n) is 10.8. The van der Waals surface area contributed by atoms with Crippen LogP contribution in [0.3, 0.4) is 0 Å². The molecule has 4 heteroatoms. The normalized spacial score (nSPS) is 23.8. The topological polar surface area (TPSA) is 60.4 Å². The van der Waals surface area contributed by atoms with E-state index in [1.807, 2.05) is 0 Å². The Labute approximate surface area is 115 Å². The molecule has 0 radical (unpaired) electrons. The Kier molecular flexibility index (Phi) is 2.86. The molecular formula is C16H12O4. The smallest absolute Gasteiger partial charge is 0.307 e. The van der Waals surface area contributed by atoms with Crippen LogP contribution in [0.5, 0.6) is 0 Å². The molecule has 2 aliphatic rings. The molecule has 2 atom stereocenters. The van der Waals surface area contributed by atoms with Crippen LogP contribution < -0.4 is 0 Å². The van der Waals surface area contributed by atoms with E-state index >= 15 is 0 Å². The Balaban J connectivity index is 2.10. The Morgan fingerprint density at radius 1 is 1.10 bits per heavy atom. The van der Waals surface area contributed by atoms with Crippen molar-refractivity contribution in [3.8, 4) is 0 Å². The second-order valence-electron chi connectivity index (χ2n) is 4.83. The van der Waals surface area contributed by atoms with Crippen LogP contribution in [0.15, 0.2) is 48.3 Å². The highest BCUT2D eigenvalue weighted by atomic mass is 16.5. The van der Waals surface area contributed by atoms with E-state index in [-0.39, 0.29) is 17.3 Å². The molecule has 2 unspecified atom stereocenters. The van der Waals surface area contributed by atoms with E-state index in [1.54, 1.807) is 42.5 Å². The summed E-state index contributed by atoms with van der Waals surface area (Å²) in [5.74, 6) is -1.86. The third-order valence-corrected chi connectivity index (χ3v) is 3.55. The largest absolute Gasteiger partial charge is 0.430 e. The third kappa shape index (κ3) is 1.81. The van der Waals surface area contributed by atoms with E-state index in [2.05, 4.69) is 0 Å². The molecule has 0 saturated carbocycles. The molecule has 0 amide bonds. The molecule has 4 nitrogen and oxygen atoms in total. The van der Waals surface area contributed by atoms with Gasteiger partial charge in [-0.1, -0.05) is 36.4 Å². The number of ketones is 2. The maximum absolute atomic E-state index is 12.6. The Bertz CT molecular complexity index is 681. The summed E-state index contributed by atoms with van der Waals surface area (Å²) in [6.07, 6.45) is 4.91. The van der Waals surface area contributed by atoms with Gasteiger partial charge in [0.2, 0.25) is 0 Å². The van der Waals surface area contributed by atoms with Gasteiger partial charge in [-0.3, -0.25) is 14.4 Å². The van der Waals surface area contributed by atoms with Gasteiger partial charge in [0.05, 0.1) is 11.8 Å².